The van der Waals surface area contributed by atoms with Gasteiger partial charge in [-0.1, -0.05) is 24.3 Å². The molecular formula is C28H28N2O5. The lowest BCUT2D eigenvalue weighted by Crippen LogP contribution is -2.11. The summed E-state index contributed by atoms with van der Waals surface area (Å²) in [6, 6.07) is 12.8. The predicted molar refractivity (Wildman–Crippen MR) is 134 cm³/mol. The number of phenols is 1. The van der Waals surface area contributed by atoms with Gasteiger partial charge in [-0.15, -0.1) is 0 Å². The van der Waals surface area contributed by atoms with E-state index in [1.807, 2.05) is 43.3 Å². The van der Waals surface area contributed by atoms with E-state index >= 15 is 0 Å². The predicted octanol–water partition coefficient (Wildman–Crippen LogP) is 5.30. The first-order valence-corrected chi connectivity index (χ1v) is 12.0. The van der Waals surface area contributed by atoms with Gasteiger partial charge in [-0.05, 0) is 73.6 Å². The molecule has 2 aliphatic rings. The molecule has 3 N–H and O–H groups in total. The van der Waals surface area contributed by atoms with E-state index in [1.54, 1.807) is 12.1 Å². The van der Waals surface area contributed by atoms with Gasteiger partial charge >= 0.3 is 0 Å². The molecule has 7 heteroatoms. The summed E-state index contributed by atoms with van der Waals surface area (Å²) in [5, 5.41) is 12.5. The molecule has 35 heavy (non-hydrogen) atoms. The highest BCUT2D eigenvalue weighted by atomic mass is 17.2. The van der Waals surface area contributed by atoms with E-state index in [1.165, 1.54) is 0 Å². The number of aromatic amines is 1. The monoisotopic (exact) mass is 472 g/mol. The van der Waals surface area contributed by atoms with Crippen LogP contribution < -0.4 is 5.32 Å². The molecule has 2 aromatic carbocycles. The number of Topliss-reactive ketones (excluding diaryl/α,β-unsaturated/α-hetero) is 1. The fourth-order valence-electron chi connectivity index (χ4n) is 4.84. The second kappa shape index (κ2) is 9.90. The Labute approximate surface area is 203 Å². The number of carbonyl (C=O) groups excluding carboxylic acids is 2. The number of benzene rings is 2. The number of ketones is 1. The Hall–Kier alpha value is -3.68. The summed E-state index contributed by atoms with van der Waals surface area (Å²) in [6.07, 6.45) is 5.42. The molecule has 180 valence electrons. The SMILES string of the molecule is CCOOCCCc1c(/C=C2\C(=O)Nc3cc(-c4ccc(O)cc4)ccc32)[nH]c2c1C(=O)CCC2. The highest BCUT2D eigenvalue weighted by molar-refractivity contribution is 6.35. The minimum Gasteiger partial charge on any atom is -0.508 e. The number of aromatic hydroxyl groups is 1. The van der Waals surface area contributed by atoms with Gasteiger partial charge in [0.05, 0.1) is 18.8 Å². The van der Waals surface area contributed by atoms with E-state index in [0.717, 1.165) is 57.7 Å². The first-order valence-electron chi connectivity index (χ1n) is 12.0. The van der Waals surface area contributed by atoms with Crippen molar-refractivity contribution in [2.45, 2.75) is 39.0 Å². The number of phenolic OH excluding ortho intramolecular Hbond substituents is 1. The summed E-state index contributed by atoms with van der Waals surface area (Å²) in [5.41, 5.74) is 7.51. The lowest BCUT2D eigenvalue weighted by Gasteiger charge is -2.11. The van der Waals surface area contributed by atoms with Gasteiger partial charge in [0.2, 0.25) is 0 Å². The first kappa shape index (κ1) is 23.1. The fourth-order valence-corrected chi connectivity index (χ4v) is 4.84. The molecule has 0 fully saturated rings. The molecule has 2 heterocycles. The normalized spacial score (nSPS) is 15.9. The zero-order valence-corrected chi connectivity index (χ0v) is 19.6. The quantitative estimate of drug-likeness (QED) is 0.179. The zero-order valence-electron chi connectivity index (χ0n) is 19.6. The second-order valence-electron chi connectivity index (χ2n) is 8.80. The van der Waals surface area contributed by atoms with Crippen LogP contribution in [0.3, 0.4) is 0 Å². The summed E-state index contributed by atoms with van der Waals surface area (Å²) < 4.78 is 0. The summed E-state index contributed by atoms with van der Waals surface area (Å²) in [6.45, 7) is 2.78. The Bertz CT molecular complexity index is 1300. The molecule has 0 saturated carbocycles. The molecular weight excluding hydrogens is 444 g/mol. The highest BCUT2D eigenvalue weighted by Gasteiger charge is 2.28. The van der Waals surface area contributed by atoms with E-state index in [0.29, 0.717) is 38.0 Å². The maximum Gasteiger partial charge on any atom is 0.256 e. The van der Waals surface area contributed by atoms with Gasteiger partial charge in [0.1, 0.15) is 5.75 Å². The maximum atomic E-state index is 12.9. The van der Waals surface area contributed by atoms with E-state index in [-0.39, 0.29) is 17.4 Å². The molecule has 0 atom stereocenters. The van der Waals surface area contributed by atoms with Crippen molar-refractivity contribution < 1.29 is 24.5 Å². The first-order chi connectivity index (χ1) is 17.0. The van der Waals surface area contributed by atoms with Gasteiger partial charge in [-0.2, -0.15) is 0 Å². The lowest BCUT2D eigenvalue weighted by atomic mass is 9.91. The van der Waals surface area contributed by atoms with Crippen LogP contribution in [0.5, 0.6) is 5.75 Å². The average Bonchev–Trinajstić information content (AvgIpc) is 3.36. The molecule has 0 unspecified atom stereocenters. The van der Waals surface area contributed by atoms with Crippen LogP contribution in [-0.4, -0.2) is 35.0 Å². The smallest absolute Gasteiger partial charge is 0.256 e. The number of aryl methyl sites for hydroxylation is 1. The Kier molecular flexibility index (Phi) is 6.53. The van der Waals surface area contributed by atoms with Gasteiger partial charge in [0.15, 0.2) is 5.78 Å². The van der Waals surface area contributed by atoms with Crippen molar-refractivity contribution >= 4 is 29.0 Å². The Morgan fingerprint density at radius 3 is 2.63 bits per heavy atom. The standard InChI is InChI=1S/C28H28N2O5/c1-2-34-35-14-4-5-21-25(29-23-6-3-7-26(32)27(21)23)16-22-20-13-10-18(15-24(20)30-28(22)33)17-8-11-19(31)12-9-17/h8-13,15-16,29,31H,2-7,14H2,1H3,(H,30,33)/b22-16-. The summed E-state index contributed by atoms with van der Waals surface area (Å²) in [4.78, 5) is 39.3. The van der Waals surface area contributed by atoms with Crippen LogP contribution in [0, 0.1) is 0 Å². The second-order valence-corrected chi connectivity index (χ2v) is 8.80. The number of aromatic nitrogens is 1. The van der Waals surface area contributed by atoms with Crippen molar-refractivity contribution in [1.29, 1.82) is 0 Å². The Morgan fingerprint density at radius 1 is 1.03 bits per heavy atom. The number of H-pyrrole nitrogens is 1. The topological polar surface area (TPSA) is 101 Å². The van der Waals surface area contributed by atoms with Gasteiger partial charge in [0, 0.05) is 34.6 Å². The van der Waals surface area contributed by atoms with Crippen molar-refractivity contribution in [2.24, 2.45) is 0 Å². The molecule has 1 aromatic heterocycles. The van der Waals surface area contributed by atoms with Crippen molar-refractivity contribution in [3.63, 3.8) is 0 Å². The molecule has 0 radical (unpaired) electrons. The van der Waals surface area contributed by atoms with Crippen LogP contribution in [0.1, 0.15) is 59.1 Å². The molecule has 7 nitrogen and oxygen atoms in total. The van der Waals surface area contributed by atoms with Crippen molar-refractivity contribution in [3.05, 3.63) is 70.5 Å². The number of anilines is 1. The number of fused-ring (bicyclic) bond motifs is 2. The van der Waals surface area contributed by atoms with Crippen LogP contribution in [0.2, 0.25) is 0 Å². The number of hydrogen-bond acceptors (Lipinski definition) is 5. The summed E-state index contributed by atoms with van der Waals surface area (Å²) >= 11 is 0. The minimum atomic E-state index is -0.174. The molecule has 3 aromatic rings. The highest BCUT2D eigenvalue weighted by Crippen LogP contribution is 2.38. The van der Waals surface area contributed by atoms with Crippen LogP contribution >= 0.6 is 0 Å². The Morgan fingerprint density at radius 2 is 1.83 bits per heavy atom. The molecule has 1 amide bonds. The van der Waals surface area contributed by atoms with Gasteiger partial charge in [-0.3, -0.25) is 9.59 Å². The fraction of sp³-hybridized carbons (Fsp3) is 0.286. The number of carbonyl (C=O) groups is 2. The molecule has 0 bridgehead atoms. The van der Waals surface area contributed by atoms with E-state index < -0.39 is 0 Å². The molecule has 5 rings (SSSR count). The van der Waals surface area contributed by atoms with Gasteiger partial charge < -0.3 is 15.4 Å². The largest absolute Gasteiger partial charge is 0.508 e. The van der Waals surface area contributed by atoms with Crippen molar-refractivity contribution in [2.75, 3.05) is 18.5 Å². The molecule has 1 aliphatic heterocycles. The zero-order chi connectivity index (χ0) is 24.4. The van der Waals surface area contributed by atoms with Crippen LogP contribution in [0.15, 0.2) is 42.5 Å². The number of hydrogen-bond donors (Lipinski definition) is 3. The summed E-state index contributed by atoms with van der Waals surface area (Å²) in [7, 11) is 0. The van der Waals surface area contributed by atoms with Crippen LogP contribution in [0.4, 0.5) is 5.69 Å². The van der Waals surface area contributed by atoms with Crippen molar-refractivity contribution in [3.8, 4) is 16.9 Å². The average molecular weight is 473 g/mol. The van der Waals surface area contributed by atoms with E-state index in [2.05, 4.69) is 10.3 Å². The number of rotatable bonds is 8. The Balaban J connectivity index is 1.48. The maximum absolute atomic E-state index is 12.9. The van der Waals surface area contributed by atoms with E-state index in [9.17, 15) is 14.7 Å². The third-order valence-electron chi connectivity index (χ3n) is 6.47. The van der Waals surface area contributed by atoms with Gasteiger partial charge in [-0.25, -0.2) is 9.78 Å². The minimum absolute atomic E-state index is 0.155. The molecule has 0 spiro atoms. The molecule has 1 aliphatic carbocycles. The summed E-state index contributed by atoms with van der Waals surface area (Å²) in [5.74, 6) is 0.191. The van der Waals surface area contributed by atoms with E-state index in [4.69, 9.17) is 9.78 Å². The lowest BCUT2D eigenvalue weighted by molar-refractivity contribution is -0.291. The number of nitrogens with one attached hydrogen (secondary N) is 2. The van der Waals surface area contributed by atoms with Crippen LogP contribution in [0.25, 0.3) is 22.8 Å². The molecule has 0 saturated heterocycles. The van der Waals surface area contributed by atoms with Crippen molar-refractivity contribution in [1.82, 2.24) is 4.98 Å². The third-order valence-corrected chi connectivity index (χ3v) is 6.47. The third kappa shape index (κ3) is 4.65. The number of amides is 1. The van der Waals surface area contributed by atoms with Crippen LogP contribution in [-0.2, 0) is 27.4 Å². The van der Waals surface area contributed by atoms with Gasteiger partial charge in [0.25, 0.3) is 5.91 Å².